The van der Waals surface area contributed by atoms with E-state index in [2.05, 4.69) is 32.5 Å². The Balaban J connectivity index is 3.34. The fraction of sp³-hybridized carbons (Fsp3) is 1.00. The van der Waals surface area contributed by atoms with Crippen molar-refractivity contribution in [1.82, 2.24) is 0 Å². The monoisotopic (exact) mass is 258 g/mol. The van der Waals surface area contributed by atoms with Gasteiger partial charge in [-0.3, -0.25) is 0 Å². The fourth-order valence-electron chi connectivity index (χ4n) is 2.31. The standard InChI is InChI=1S/C16H34S/c1-4-7-9-10-11-12-13-15-16(17-6-3)14-8-5-2/h16H,4-15H2,1-3H3. The summed E-state index contributed by atoms with van der Waals surface area (Å²) in [5, 5.41) is 0.954. The zero-order chi connectivity index (χ0) is 12.8. The fourth-order valence-corrected chi connectivity index (χ4v) is 3.45. The van der Waals surface area contributed by atoms with Crippen LogP contribution in [0.15, 0.2) is 0 Å². The van der Waals surface area contributed by atoms with Crippen LogP contribution in [0.1, 0.15) is 91.4 Å². The first-order valence-corrected chi connectivity index (χ1v) is 9.01. The Morgan fingerprint density at radius 3 is 1.76 bits per heavy atom. The average Bonchev–Trinajstić information content (AvgIpc) is 2.34. The highest BCUT2D eigenvalue weighted by molar-refractivity contribution is 7.99. The molecule has 0 rings (SSSR count). The summed E-state index contributed by atoms with van der Waals surface area (Å²) >= 11 is 2.19. The molecule has 0 bridgehead atoms. The second-order valence-electron chi connectivity index (χ2n) is 5.13. The van der Waals surface area contributed by atoms with Crippen LogP contribution in [0.3, 0.4) is 0 Å². The Morgan fingerprint density at radius 1 is 0.647 bits per heavy atom. The summed E-state index contributed by atoms with van der Waals surface area (Å²) in [5.41, 5.74) is 0. The molecule has 0 spiro atoms. The minimum Gasteiger partial charge on any atom is -0.159 e. The van der Waals surface area contributed by atoms with E-state index in [1.807, 2.05) is 0 Å². The molecule has 0 nitrogen and oxygen atoms in total. The van der Waals surface area contributed by atoms with Gasteiger partial charge in [0.2, 0.25) is 0 Å². The minimum atomic E-state index is 0.954. The first-order valence-electron chi connectivity index (χ1n) is 7.96. The van der Waals surface area contributed by atoms with Crippen molar-refractivity contribution in [1.29, 1.82) is 0 Å². The number of unbranched alkanes of at least 4 members (excludes halogenated alkanes) is 7. The van der Waals surface area contributed by atoms with Gasteiger partial charge in [0.15, 0.2) is 0 Å². The van der Waals surface area contributed by atoms with E-state index in [0.717, 1.165) is 5.25 Å². The van der Waals surface area contributed by atoms with Crippen LogP contribution in [0.4, 0.5) is 0 Å². The third-order valence-electron chi connectivity index (χ3n) is 3.41. The predicted octanol–water partition coefficient (Wildman–Crippen LogP) is 6.44. The Labute approximate surface area is 114 Å². The van der Waals surface area contributed by atoms with Gasteiger partial charge in [-0.1, -0.05) is 78.6 Å². The van der Waals surface area contributed by atoms with E-state index in [4.69, 9.17) is 0 Å². The number of hydrogen-bond donors (Lipinski definition) is 0. The van der Waals surface area contributed by atoms with Crippen LogP contribution in [0.25, 0.3) is 0 Å². The van der Waals surface area contributed by atoms with Gasteiger partial charge in [-0.05, 0) is 18.6 Å². The molecular weight excluding hydrogens is 224 g/mol. The molecule has 0 saturated heterocycles. The molecule has 0 fully saturated rings. The molecule has 0 saturated carbocycles. The molecular formula is C16H34S. The van der Waals surface area contributed by atoms with E-state index in [1.165, 1.54) is 76.4 Å². The van der Waals surface area contributed by atoms with Gasteiger partial charge in [-0.2, -0.15) is 11.8 Å². The van der Waals surface area contributed by atoms with Crippen molar-refractivity contribution in [3.05, 3.63) is 0 Å². The first kappa shape index (κ1) is 17.4. The van der Waals surface area contributed by atoms with E-state index in [0.29, 0.717) is 0 Å². The Kier molecular flexibility index (Phi) is 14.7. The Morgan fingerprint density at radius 2 is 1.18 bits per heavy atom. The molecule has 17 heavy (non-hydrogen) atoms. The Bertz CT molecular complexity index is 133. The quantitative estimate of drug-likeness (QED) is 0.343. The minimum absolute atomic E-state index is 0.954. The van der Waals surface area contributed by atoms with E-state index in [1.54, 1.807) is 0 Å². The van der Waals surface area contributed by atoms with Crippen LogP contribution < -0.4 is 0 Å². The lowest BCUT2D eigenvalue weighted by molar-refractivity contribution is 0.554. The zero-order valence-corrected chi connectivity index (χ0v) is 13.3. The third-order valence-corrected chi connectivity index (χ3v) is 4.69. The molecule has 1 unspecified atom stereocenters. The summed E-state index contributed by atoms with van der Waals surface area (Å²) in [6, 6.07) is 0. The normalized spacial score (nSPS) is 12.9. The number of rotatable bonds is 13. The lowest BCUT2D eigenvalue weighted by Crippen LogP contribution is -2.03. The van der Waals surface area contributed by atoms with Crippen molar-refractivity contribution in [2.75, 3.05) is 5.75 Å². The highest BCUT2D eigenvalue weighted by Gasteiger charge is 2.06. The molecule has 0 aliphatic carbocycles. The summed E-state index contributed by atoms with van der Waals surface area (Å²) in [6.45, 7) is 6.90. The molecule has 0 N–H and O–H groups in total. The van der Waals surface area contributed by atoms with Crippen molar-refractivity contribution in [2.45, 2.75) is 96.7 Å². The average molecular weight is 259 g/mol. The maximum absolute atomic E-state index is 2.31. The van der Waals surface area contributed by atoms with Gasteiger partial charge in [0.1, 0.15) is 0 Å². The van der Waals surface area contributed by atoms with Crippen molar-refractivity contribution in [2.24, 2.45) is 0 Å². The summed E-state index contributed by atoms with van der Waals surface area (Å²) in [7, 11) is 0. The largest absolute Gasteiger partial charge is 0.159 e. The SMILES string of the molecule is CCCCCCCCCC(CCCC)SCC. The number of hydrogen-bond acceptors (Lipinski definition) is 1. The van der Waals surface area contributed by atoms with Crippen LogP contribution in [0.2, 0.25) is 0 Å². The maximum Gasteiger partial charge on any atom is 0.00469 e. The third kappa shape index (κ3) is 12.6. The molecule has 0 aliphatic rings. The van der Waals surface area contributed by atoms with E-state index < -0.39 is 0 Å². The molecule has 0 heterocycles. The smallest absolute Gasteiger partial charge is 0.00469 e. The van der Waals surface area contributed by atoms with Crippen LogP contribution >= 0.6 is 11.8 Å². The van der Waals surface area contributed by atoms with Gasteiger partial charge in [-0.25, -0.2) is 0 Å². The molecule has 0 amide bonds. The van der Waals surface area contributed by atoms with Gasteiger partial charge in [-0.15, -0.1) is 0 Å². The van der Waals surface area contributed by atoms with Crippen LogP contribution in [0, 0.1) is 0 Å². The summed E-state index contributed by atoms with van der Waals surface area (Å²) < 4.78 is 0. The van der Waals surface area contributed by atoms with Gasteiger partial charge >= 0.3 is 0 Å². The summed E-state index contributed by atoms with van der Waals surface area (Å²) in [6.07, 6.45) is 15.8. The maximum atomic E-state index is 2.31. The Hall–Kier alpha value is 0.350. The predicted molar refractivity (Wildman–Crippen MR) is 84.1 cm³/mol. The van der Waals surface area contributed by atoms with Gasteiger partial charge in [0.25, 0.3) is 0 Å². The lowest BCUT2D eigenvalue weighted by Gasteiger charge is -2.15. The number of thioether (sulfide) groups is 1. The van der Waals surface area contributed by atoms with Crippen molar-refractivity contribution >= 4 is 11.8 Å². The molecule has 1 heteroatoms. The van der Waals surface area contributed by atoms with Crippen molar-refractivity contribution in [3.8, 4) is 0 Å². The van der Waals surface area contributed by atoms with Gasteiger partial charge < -0.3 is 0 Å². The molecule has 1 atom stereocenters. The molecule has 0 radical (unpaired) electrons. The molecule has 0 aromatic carbocycles. The molecule has 104 valence electrons. The molecule has 0 aliphatic heterocycles. The molecule has 0 aromatic heterocycles. The van der Waals surface area contributed by atoms with Crippen molar-refractivity contribution in [3.63, 3.8) is 0 Å². The van der Waals surface area contributed by atoms with Crippen molar-refractivity contribution < 1.29 is 0 Å². The second kappa shape index (κ2) is 14.4. The topological polar surface area (TPSA) is 0 Å². The molecule has 0 aromatic rings. The summed E-state index contributed by atoms with van der Waals surface area (Å²) in [5.74, 6) is 1.30. The summed E-state index contributed by atoms with van der Waals surface area (Å²) in [4.78, 5) is 0. The van der Waals surface area contributed by atoms with Gasteiger partial charge in [0.05, 0.1) is 0 Å². The van der Waals surface area contributed by atoms with Crippen LogP contribution in [-0.4, -0.2) is 11.0 Å². The van der Waals surface area contributed by atoms with E-state index in [-0.39, 0.29) is 0 Å². The lowest BCUT2D eigenvalue weighted by atomic mass is 10.1. The van der Waals surface area contributed by atoms with Crippen LogP contribution in [-0.2, 0) is 0 Å². The second-order valence-corrected chi connectivity index (χ2v) is 6.71. The van der Waals surface area contributed by atoms with E-state index >= 15 is 0 Å². The van der Waals surface area contributed by atoms with Crippen LogP contribution in [0.5, 0.6) is 0 Å². The van der Waals surface area contributed by atoms with Gasteiger partial charge in [0, 0.05) is 5.25 Å². The first-order chi connectivity index (χ1) is 8.35. The van der Waals surface area contributed by atoms with E-state index in [9.17, 15) is 0 Å². The highest BCUT2D eigenvalue weighted by Crippen LogP contribution is 2.23. The zero-order valence-electron chi connectivity index (χ0n) is 12.5. The highest BCUT2D eigenvalue weighted by atomic mass is 32.2.